The second kappa shape index (κ2) is 3.61. The van der Waals surface area contributed by atoms with Crippen LogP contribution in [0.4, 0.5) is 0 Å². The van der Waals surface area contributed by atoms with Crippen molar-refractivity contribution in [3.8, 4) is 0 Å². The van der Waals surface area contributed by atoms with Gasteiger partial charge in [-0.3, -0.25) is 4.99 Å². The first kappa shape index (κ1) is 7.63. The maximum Gasteiger partial charge on any atom is 0.0987 e. The van der Waals surface area contributed by atoms with Crippen LogP contribution in [0.2, 0.25) is 0 Å². The van der Waals surface area contributed by atoms with Crippen LogP contribution in [0.1, 0.15) is 20.3 Å². The molecule has 0 aliphatic rings. The third-order valence-electron chi connectivity index (χ3n) is 1.44. The van der Waals surface area contributed by atoms with E-state index in [1.165, 1.54) is 0 Å². The van der Waals surface area contributed by atoms with Crippen molar-refractivity contribution in [2.24, 2.45) is 16.6 Å². The summed E-state index contributed by atoms with van der Waals surface area (Å²) in [7, 11) is 0. The van der Waals surface area contributed by atoms with Gasteiger partial charge in [-0.15, -0.1) is 0 Å². The molecule has 2 nitrogen and oxygen atoms in total. The Balaban J connectivity index is 3.44. The van der Waals surface area contributed by atoms with E-state index < -0.39 is 0 Å². The Kier molecular flexibility index (Phi) is 3.44. The zero-order chi connectivity index (χ0) is 6.57. The van der Waals surface area contributed by atoms with Crippen LogP contribution in [0, 0.1) is 5.92 Å². The van der Waals surface area contributed by atoms with Gasteiger partial charge in [-0.25, -0.2) is 0 Å². The summed E-state index contributed by atoms with van der Waals surface area (Å²) in [5.41, 5.74) is 5.50. The molecule has 1 unspecified atom stereocenters. The van der Waals surface area contributed by atoms with Crippen molar-refractivity contribution in [2.75, 3.05) is 0 Å². The summed E-state index contributed by atoms with van der Waals surface area (Å²) in [6.07, 6.45) is 1.00. The van der Waals surface area contributed by atoms with Crippen LogP contribution in [0.3, 0.4) is 0 Å². The molecule has 0 rings (SSSR count). The third-order valence-corrected chi connectivity index (χ3v) is 1.44. The largest absolute Gasteiger partial charge is 0.310 e. The number of rotatable bonds is 3. The van der Waals surface area contributed by atoms with E-state index in [1.807, 2.05) is 0 Å². The summed E-state index contributed by atoms with van der Waals surface area (Å²) in [5.74, 6) is 0.465. The SMILES string of the molecule is C=N[C@@H](N)C(C)CC. The lowest BCUT2D eigenvalue weighted by Crippen LogP contribution is -2.24. The fourth-order valence-corrected chi connectivity index (χ4v) is 0.421. The molecule has 0 radical (unpaired) electrons. The summed E-state index contributed by atoms with van der Waals surface area (Å²) in [4.78, 5) is 3.69. The van der Waals surface area contributed by atoms with Crippen molar-refractivity contribution >= 4 is 6.72 Å². The lowest BCUT2D eigenvalue weighted by molar-refractivity contribution is 0.458. The van der Waals surface area contributed by atoms with E-state index in [-0.39, 0.29) is 6.17 Å². The smallest absolute Gasteiger partial charge is 0.0987 e. The van der Waals surface area contributed by atoms with Gasteiger partial charge in [0.05, 0.1) is 6.17 Å². The second-order valence-electron chi connectivity index (χ2n) is 2.06. The lowest BCUT2D eigenvalue weighted by Gasteiger charge is -2.11. The monoisotopic (exact) mass is 114 g/mol. The highest BCUT2D eigenvalue weighted by Crippen LogP contribution is 2.04. The Bertz CT molecular complexity index is 70.9. The van der Waals surface area contributed by atoms with E-state index in [4.69, 9.17) is 5.73 Å². The zero-order valence-electron chi connectivity index (χ0n) is 5.59. The van der Waals surface area contributed by atoms with Crippen LogP contribution in [0.15, 0.2) is 4.99 Å². The summed E-state index contributed by atoms with van der Waals surface area (Å²) in [6.45, 7) is 7.52. The molecular weight excluding hydrogens is 100 g/mol. The first-order valence-corrected chi connectivity index (χ1v) is 2.93. The van der Waals surface area contributed by atoms with Crippen molar-refractivity contribution in [2.45, 2.75) is 26.4 Å². The highest BCUT2D eigenvalue weighted by Gasteiger charge is 2.05. The van der Waals surface area contributed by atoms with Gasteiger partial charge in [0.25, 0.3) is 0 Å². The quantitative estimate of drug-likeness (QED) is 0.546. The van der Waals surface area contributed by atoms with E-state index in [1.54, 1.807) is 0 Å². The van der Waals surface area contributed by atoms with Crippen LogP contribution in [0.25, 0.3) is 0 Å². The van der Waals surface area contributed by atoms with Gasteiger partial charge < -0.3 is 5.73 Å². The molecular formula is C6H14N2. The molecule has 0 aromatic rings. The first-order valence-electron chi connectivity index (χ1n) is 2.93. The molecule has 48 valence electrons. The summed E-state index contributed by atoms with van der Waals surface area (Å²) in [6, 6.07) is 0. The van der Waals surface area contributed by atoms with Gasteiger partial charge in [-0.2, -0.15) is 0 Å². The van der Waals surface area contributed by atoms with Gasteiger partial charge in [0.15, 0.2) is 0 Å². The minimum Gasteiger partial charge on any atom is -0.310 e. The predicted octanol–water partition coefficient (Wildman–Crippen LogP) is 1.02. The van der Waals surface area contributed by atoms with E-state index in [0.29, 0.717) is 5.92 Å². The summed E-state index contributed by atoms with van der Waals surface area (Å²) in [5, 5.41) is 0. The summed E-state index contributed by atoms with van der Waals surface area (Å²) < 4.78 is 0. The Morgan fingerprint density at radius 1 is 1.75 bits per heavy atom. The molecule has 0 amide bonds. The van der Waals surface area contributed by atoms with Gasteiger partial charge in [0.2, 0.25) is 0 Å². The highest BCUT2D eigenvalue weighted by atomic mass is 14.9. The van der Waals surface area contributed by atoms with Crippen LogP contribution in [0.5, 0.6) is 0 Å². The van der Waals surface area contributed by atoms with Crippen molar-refractivity contribution in [1.82, 2.24) is 0 Å². The molecule has 0 aromatic carbocycles. The van der Waals surface area contributed by atoms with Gasteiger partial charge in [-0.1, -0.05) is 20.3 Å². The normalized spacial score (nSPS) is 17.4. The molecule has 0 bridgehead atoms. The fraction of sp³-hybridized carbons (Fsp3) is 0.833. The lowest BCUT2D eigenvalue weighted by atomic mass is 10.1. The second-order valence-corrected chi connectivity index (χ2v) is 2.06. The van der Waals surface area contributed by atoms with Crippen LogP contribution in [-0.2, 0) is 0 Å². The Morgan fingerprint density at radius 2 is 2.25 bits per heavy atom. The molecule has 2 N–H and O–H groups in total. The first-order chi connectivity index (χ1) is 3.72. The highest BCUT2D eigenvalue weighted by molar-refractivity contribution is 5.23. The van der Waals surface area contributed by atoms with Gasteiger partial charge in [-0.05, 0) is 12.6 Å². The minimum absolute atomic E-state index is 0.0694. The van der Waals surface area contributed by atoms with Crippen molar-refractivity contribution in [3.05, 3.63) is 0 Å². The van der Waals surface area contributed by atoms with Crippen LogP contribution < -0.4 is 5.73 Å². The maximum absolute atomic E-state index is 5.50. The molecule has 0 heterocycles. The van der Waals surface area contributed by atoms with E-state index in [0.717, 1.165) is 6.42 Å². The molecule has 2 atom stereocenters. The average molecular weight is 114 g/mol. The maximum atomic E-state index is 5.50. The van der Waals surface area contributed by atoms with Crippen molar-refractivity contribution in [3.63, 3.8) is 0 Å². The number of nitrogens with zero attached hydrogens (tertiary/aromatic N) is 1. The Morgan fingerprint density at radius 3 is 2.38 bits per heavy atom. The molecule has 0 aliphatic carbocycles. The molecule has 0 saturated heterocycles. The molecule has 2 heteroatoms. The minimum atomic E-state index is -0.0694. The van der Waals surface area contributed by atoms with Gasteiger partial charge in [0.1, 0.15) is 0 Å². The number of nitrogens with two attached hydrogens (primary N) is 1. The topological polar surface area (TPSA) is 38.4 Å². The van der Waals surface area contributed by atoms with Crippen molar-refractivity contribution < 1.29 is 0 Å². The molecule has 0 aliphatic heterocycles. The molecule has 0 saturated carbocycles. The van der Waals surface area contributed by atoms with Gasteiger partial charge in [0, 0.05) is 0 Å². The molecule has 0 spiro atoms. The van der Waals surface area contributed by atoms with E-state index >= 15 is 0 Å². The van der Waals surface area contributed by atoms with Gasteiger partial charge >= 0.3 is 0 Å². The fourth-order valence-electron chi connectivity index (χ4n) is 0.421. The predicted molar refractivity (Wildman–Crippen MR) is 37.0 cm³/mol. The van der Waals surface area contributed by atoms with Crippen molar-refractivity contribution in [1.29, 1.82) is 0 Å². The molecule has 0 fully saturated rings. The average Bonchev–Trinajstić information content (AvgIpc) is 1.84. The van der Waals surface area contributed by atoms with Crippen LogP contribution in [-0.4, -0.2) is 12.9 Å². The Labute approximate surface area is 50.8 Å². The van der Waals surface area contributed by atoms with E-state index in [9.17, 15) is 0 Å². The molecule has 8 heavy (non-hydrogen) atoms. The van der Waals surface area contributed by atoms with E-state index in [2.05, 4.69) is 25.6 Å². The number of hydrogen-bond acceptors (Lipinski definition) is 2. The number of hydrogen-bond donors (Lipinski definition) is 1. The Hall–Kier alpha value is -0.370. The third kappa shape index (κ3) is 2.07. The standard InChI is InChI=1S/C6H14N2/c1-4-5(2)6(7)8-3/h5-6H,3-4,7H2,1-2H3/t5?,6-/m1/s1. The zero-order valence-corrected chi connectivity index (χ0v) is 5.59. The number of aliphatic imine (C=N–C) groups is 1. The summed E-state index contributed by atoms with van der Waals surface area (Å²) >= 11 is 0. The molecule has 0 aromatic heterocycles. The van der Waals surface area contributed by atoms with Crippen LogP contribution >= 0.6 is 0 Å².